The van der Waals surface area contributed by atoms with Crippen LogP contribution in [-0.4, -0.2) is 24.7 Å². The molecule has 0 fully saturated rings. The Balaban J connectivity index is 2.66. The highest BCUT2D eigenvalue weighted by Gasteiger charge is 2.13. The molecule has 0 saturated heterocycles. The summed E-state index contributed by atoms with van der Waals surface area (Å²) in [7, 11) is 5.09. The standard InChI is InChI=1S/C13H16N2O3/c1-15-7-8(4-13(14)16)9-5-11(17-2)12(18-3)6-10(9)15/h5-7H,4H2,1-3H3,(H2,14,16). The molecule has 18 heavy (non-hydrogen) atoms. The number of amides is 1. The predicted molar refractivity (Wildman–Crippen MR) is 68.9 cm³/mol. The molecule has 0 aliphatic rings. The largest absolute Gasteiger partial charge is 0.493 e. The maximum absolute atomic E-state index is 11.1. The SMILES string of the molecule is COc1cc2c(CC(N)=O)cn(C)c2cc1OC. The van der Waals surface area contributed by atoms with Crippen LogP contribution in [0.3, 0.4) is 0 Å². The lowest BCUT2D eigenvalue weighted by Gasteiger charge is -2.08. The van der Waals surface area contributed by atoms with Gasteiger partial charge in [-0.05, 0) is 11.6 Å². The van der Waals surface area contributed by atoms with Crippen LogP contribution in [0, 0.1) is 0 Å². The van der Waals surface area contributed by atoms with Crippen LogP contribution in [0.5, 0.6) is 11.5 Å². The highest BCUT2D eigenvalue weighted by Crippen LogP contribution is 2.34. The molecule has 0 aliphatic heterocycles. The Kier molecular flexibility index (Phi) is 3.14. The summed E-state index contributed by atoms with van der Waals surface area (Å²) in [5.74, 6) is 0.955. The monoisotopic (exact) mass is 248 g/mol. The molecule has 2 aromatic rings. The molecule has 1 aromatic heterocycles. The van der Waals surface area contributed by atoms with Gasteiger partial charge in [0.1, 0.15) is 0 Å². The molecule has 0 saturated carbocycles. The van der Waals surface area contributed by atoms with Crippen LogP contribution in [0.15, 0.2) is 18.3 Å². The lowest BCUT2D eigenvalue weighted by atomic mass is 10.1. The Hall–Kier alpha value is -2.17. The quantitative estimate of drug-likeness (QED) is 0.884. The lowest BCUT2D eigenvalue weighted by molar-refractivity contribution is -0.117. The minimum absolute atomic E-state index is 0.215. The average molecular weight is 248 g/mol. The van der Waals surface area contributed by atoms with Crippen LogP contribution in [0.25, 0.3) is 10.9 Å². The second kappa shape index (κ2) is 4.60. The number of carbonyl (C=O) groups is 1. The number of methoxy groups -OCH3 is 2. The molecular formula is C13H16N2O3. The Bertz CT molecular complexity index is 602. The number of fused-ring (bicyclic) bond motifs is 1. The number of hydrogen-bond acceptors (Lipinski definition) is 3. The molecule has 96 valence electrons. The molecule has 0 bridgehead atoms. The van der Waals surface area contributed by atoms with Gasteiger partial charge in [0.25, 0.3) is 0 Å². The molecule has 1 aromatic carbocycles. The predicted octanol–water partition coefficient (Wildman–Crippen LogP) is 1.22. The van der Waals surface area contributed by atoms with Crippen LogP contribution in [0.2, 0.25) is 0 Å². The number of primary amides is 1. The van der Waals surface area contributed by atoms with E-state index < -0.39 is 0 Å². The fourth-order valence-corrected chi connectivity index (χ4v) is 2.12. The highest BCUT2D eigenvalue weighted by atomic mass is 16.5. The molecule has 0 spiro atoms. The molecule has 1 heterocycles. The van der Waals surface area contributed by atoms with Crippen LogP contribution in [0.4, 0.5) is 0 Å². The van der Waals surface area contributed by atoms with Crippen molar-refractivity contribution in [1.82, 2.24) is 4.57 Å². The van der Waals surface area contributed by atoms with Gasteiger partial charge in [0, 0.05) is 24.7 Å². The summed E-state index contributed by atoms with van der Waals surface area (Å²) in [5.41, 5.74) is 7.11. The zero-order chi connectivity index (χ0) is 13.3. The summed E-state index contributed by atoms with van der Waals surface area (Å²) in [6.45, 7) is 0. The number of nitrogens with two attached hydrogens (primary N) is 1. The van der Waals surface area contributed by atoms with Gasteiger partial charge in [-0.25, -0.2) is 0 Å². The Morgan fingerprint density at radius 2 is 1.89 bits per heavy atom. The molecular weight excluding hydrogens is 232 g/mol. The van der Waals surface area contributed by atoms with Crippen LogP contribution in [0.1, 0.15) is 5.56 Å². The van der Waals surface area contributed by atoms with E-state index in [1.807, 2.05) is 29.9 Å². The van der Waals surface area contributed by atoms with Gasteiger partial charge in [-0.1, -0.05) is 0 Å². The molecule has 5 heteroatoms. The molecule has 1 amide bonds. The Labute approximate surface area is 105 Å². The summed E-state index contributed by atoms with van der Waals surface area (Å²) in [6.07, 6.45) is 2.11. The number of ether oxygens (including phenoxy) is 2. The molecule has 0 aliphatic carbocycles. The van der Waals surface area contributed by atoms with Crippen molar-refractivity contribution in [2.75, 3.05) is 14.2 Å². The molecule has 2 rings (SSSR count). The van der Waals surface area contributed by atoms with Crippen molar-refractivity contribution in [1.29, 1.82) is 0 Å². The van der Waals surface area contributed by atoms with Crippen LogP contribution >= 0.6 is 0 Å². The molecule has 2 N–H and O–H groups in total. The maximum Gasteiger partial charge on any atom is 0.221 e. The minimum Gasteiger partial charge on any atom is -0.493 e. The number of nitrogens with zero attached hydrogens (tertiary/aromatic N) is 1. The first-order valence-electron chi connectivity index (χ1n) is 5.55. The third-order valence-electron chi connectivity index (χ3n) is 2.94. The van der Waals surface area contributed by atoms with E-state index in [2.05, 4.69) is 0 Å². The van der Waals surface area contributed by atoms with Gasteiger partial charge in [-0.2, -0.15) is 0 Å². The number of aryl methyl sites for hydroxylation is 1. The van der Waals surface area contributed by atoms with Gasteiger partial charge in [-0.3, -0.25) is 4.79 Å². The third kappa shape index (κ3) is 1.99. The number of aromatic nitrogens is 1. The fourth-order valence-electron chi connectivity index (χ4n) is 2.12. The van der Waals surface area contributed by atoms with Gasteiger partial charge in [0.05, 0.1) is 26.2 Å². The van der Waals surface area contributed by atoms with E-state index >= 15 is 0 Å². The molecule has 0 radical (unpaired) electrons. The molecule has 5 nitrogen and oxygen atoms in total. The van der Waals surface area contributed by atoms with Crippen LogP contribution < -0.4 is 15.2 Å². The van der Waals surface area contributed by atoms with Crippen molar-refractivity contribution < 1.29 is 14.3 Å². The number of carbonyl (C=O) groups excluding carboxylic acids is 1. The number of rotatable bonds is 4. The number of benzene rings is 1. The van der Waals surface area contributed by atoms with Crippen molar-refractivity contribution >= 4 is 16.8 Å². The topological polar surface area (TPSA) is 66.5 Å². The Morgan fingerprint density at radius 1 is 1.28 bits per heavy atom. The number of hydrogen-bond donors (Lipinski definition) is 1. The second-order valence-electron chi connectivity index (χ2n) is 4.13. The maximum atomic E-state index is 11.1. The summed E-state index contributed by atoms with van der Waals surface area (Å²) in [5, 5.41) is 0.953. The fraction of sp³-hybridized carbons (Fsp3) is 0.308. The first kappa shape index (κ1) is 12.3. The van der Waals surface area contributed by atoms with Crippen molar-refractivity contribution in [2.24, 2.45) is 12.8 Å². The summed E-state index contributed by atoms with van der Waals surface area (Å²) < 4.78 is 12.5. The van der Waals surface area contributed by atoms with Gasteiger partial charge >= 0.3 is 0 Å². The van der Waals surface area contributed by atoms with Gasteiger partial charge in [0.15, 0.2) is 11.5 Å². The van der Waals surface area contributed by atoms with Gasteiger partial charge in [0.2, 0.25) is 5.91 Å². The first-order valence-corrected chi connectivity index (χ1v) is 5.55. The lowest BCUT2D eigenvalue weighted by Crippen LogP contribution is -2.13. The van der Waals surface area contributed by atoms with Crippen molar-refractivity contribution in [3.63, 3.8) is 0 Å². The smallest absolute Gasteiger partial charge is 0.221 e. The molecule has 0 unspecified atom stereocenters. The van der Waals surface area contributed by atoms with Gasteiger partial charge < -0.3 is 19.8 Å². The first-order chi connectivity index (χ1) is 8.56. The van der Waals surface area contributed by atoms with Crippen LogP contribution in [-0.2, 0) is 18.3 Å². The summed E-state index contributed by atoms with van der Waals surface area (Å²) >= 11 is 0. The highest BCUT2D eigenvalue weighted by molar-refractivity contribution is 5.91. The van der Waals surface area contributed by atoms with E-state index in [4.69, 9.17) is 15.2 Å². The summed E-state index contributed by atoms with van der Waals surface area (Å²) in [6, 6.07) is 3.76. The zero-order valence-corrected chi connectivity index (χ0v) is 10.7. The minimum atomic E-state index is -0.350. The second-order valence-corrected chi connectivity index (χ2v) is 4.13. The van der Waals surface area contributed by atoms with Gasteiger partial charge in [-0.15, -0.1) is 0 Å². The third-order valence-corrected chi connectivity index (χ3v) is 2.94. The normalized spacial score (nSPS) is 10.6. The van der Waals surface area contributed by atoms with Crippen molar-refractivity contribution in [3.05, 3.63) is 23.9 Å². The Morgan fingerprint density at radius 3 is 2.44 bits per heavy atom. The van der Waals surface area contributed by atoms with E-state index in [1.54, 1.807) is 14.2 Å². The molecule has 0 atom stereocenters. The van der Waals surface area contributed by atoms with Crippen molar-refractivity contribution in [3.8, 4) is 11.5 Å². The van der Waals surface area contributed by atoms with E-state index in [1.165, 1.54) is 0 Å². The zero-order valence-electron chi connectivity index (χ0n) is 10.7. The van der Waals surface area contributed by atoms with E-state index in [0.29, 0.717) is 11.5 Å². The van der Waals surface area contributed by atoms with E-state index in [-0.39, 0.29) is 12.3 Å². The average Bonchev–Trinajstić information content (AvgIpc) is 2.63. The van der Waals surface area contributed by atoms with E-state index in [0.717, 1.165) is 16.5 Å². The van der Waals surface area contributed by atoms with Crippen molar-refractivity contribution in [2.45, 2.75) is 6.42 Å². The summed E-state index contributed by atoms with van der Waals surface area (Å²) in [4.78, 5) is 11.1. The van der Waals surface area contributed by atoms with E-state index in [9.17, 15) is 4.79 Å².